The highest BCUT2D eigenvalue weighted by molar-refractivity contribution is 14.0. The SMILES string of the molecule is CCNC(=NCC(C)(C)OC)NC1CC1c1ccccc1F.I. The molecular weight excluding hydrogens is 408 g/mol. The number of guanidine groups is 1. The fraction of sp³-hybridized carbons (Fsp3) is 0.588. The van der Waals surface area contributed by atoms with Crippen LogP contribution in [-0.2, 0) is 4.74 Å². The topological polar surface area (TPSA) is 45.7 Å². The van der Waals surface area contributed by atoms with Crippen LogP contribution in [0.5, 0.6) is 0 Å². The van der Waals surface area contributed by atoms with Crippen LogP contribution in [0, 0.1) is 5.82 Å². The molecule has 2 atom stereocenters. The van der Waals surface area contributed by atoms with E-state index in [1.807, 2.05) is 32.9 Å². The molecule has 1 aromatic rings. The van der Waals surface area contributed by atoms with Crippen LogP contribution in [0.3, 0.4) is 0 Å². The Labute approximate surface area is 155 Å². The van der Waals surface area contributed by atoms with Gasteiger partial charge in [0.15, 0.2) is 5.96 Å². The number of ether oxygens (including phenoxy) is 1. The van der Waals surface area contributed by atoms with Gasteiger partial charge in [0, 0.05) is 25.6 Å². The molecule has 6 heteroatoms. The molecule has 1 aliphatic rings. The lowest BCUT2D eigenvalue weighted by atomic mass is 10.1. The summed E-state index contributed by atoms with van der Waals surface area (Å²) in [5.41, 5.74) is 0.490. The second-order valence-electron chi connectivity index (χ2n) is 6.27. The van der Waals surface area contributed by atoms with Crippen molar-refractivity contribution >= 4 is 29.9 Å². The van der Waals surface area contributed by atoms with E-state index in [-0.39, 0.29) is 47.4 Å². The van der Waals surface area contributed by atoms with Crippen LogP contribution in [0.2, 0.25) is 0 Å². The van der Waals surface area contributed by atoms with Gasteiger partial charge in [0.2, 0.25) is 0 Å². The molecule has 4 nitrogen and oxygen atoms in total. The Morgan fingerprint density at radius 1 is 1.39 bits per heavy atom. The van der Waals surface area contributed by atoms with Crippen LogP contribution >= 0.6 is 24.0 Å². The lowest BCUT2D eigenvalue weighted by Crippen LogP contribution is -2.40. The third kappa shape index (κ3) is 5.91. The first kappa shape index (κ1) is 20.2. The van der Waals surface area contributed by atoms with Crippen LogP contribution in [0.15, 0.2) is 29.3 Å². The highest BCUT2D eigenvalue weighted by Gasteiger charge is 2.40. The molecule has 1 aromatic carbocycles. The fourth-order valence-corrected chi connectivity index (χ4v) is 2.30. The average Bonchev–Trinajstić information content (AvgIpc) is 3.25. The smallest absolute Gasteiger partial charge is 0.191 e. The van der Waals surface area contributed by atoms with Crippen LogP contribution in [-0.4, -0.2) is 37.8 Å². The summed E-state index contributed by atoms with van der Waals surface area (Å²) in [5, 5.41) is 6.61. The number of methoxy groups -OCH3 is 1. The molecule has 0 heterocycles. The van der Waals surface area contributed by atoms with Crippen molar-refractivity contribution in [2.75, 3.05) is 20.2 Å². The van der Waals surface area contributed by atoms with Crippen molar-refractivity contribution in [1.82, 2.24) is 10.6 Å². The third-order valence-electron chi connectivity index (χ3n) is 3.93. The molecule has 0 radical (unpaired) electrons. The second kappa shape index (κ2) is 8.82. The Kier molecular flexibility index (Phi) is 7.73. The van der Waals surface area contributed by atoms with E-state index in [2.05, 4.69) is 15.6 Å². The fourth-order valence-electron chi connectivity index (χ4n) is 2.30. The predicted molar refractivity (Wildman–Crippen MR) is 103 cm³/mol. The predicted octanol–water partition coefficient (Wildman–Crippen LogP) is 3.28. The van der Waals surface area contributed by atoms with Crippen molar-refractivity contribution in [3.63, 3.8) is 0 Å². The zero-order chi connectivity index (χ0) is 16.2. The maximum absolute atomic E-state index is 13.8. The Hall–Kier alpha value is -0.890. The molecule has 1 fully saturated rings. The van der Waals surface area contributed by atoms with Crippen LogP contribution in [0.1, 0.15) is 38.7 Å². The first-order valence-corrected chi connectivity index (χ1v) is 7.81. The number of hydrogen-bond donors (Lipinski definition) is 2. The monoisotopic (exact) mass is 435 g/mol. The maximum atomic E-state index is 13.8. The molecule has 0 bridgehead atoms. The van der Waals surface area contributed by atoms with E-state index < -0.39 is 0 Å². The highest BCUT2D eigenvalue weighted by atomic mass is 127. The summed E-state index contributed by atoms with van der Waals surface area (Å²) in [5.74, 6) is 0.858. The lowest BCUT2D eigenvalue weighted by molar-refractivity contribution is 0.0310. The van der Waals surface area contributed by atoms with Gasteiger partial charge in [-0.05, 0) is 38.8 Å². The Morgan fingerprint density at radius 3 is 2.70 bits per heavy atom. The molecule has 2 unspecified atom stereocenters. The number of halogens is 2. The second-order valence-corrected chi connectivity index (χ2v) is 6.27. The molecule has 1 saturated carbocycles. The number of rotatable bonds is 6. The highest BCUT2D eigenvalue weighted by Crippen LogP contribution is 2.41. The quantitative estimate of drug-likeness (QED) is 0.410. The van der Waals surface area contributed by atoms with Crippen LogP contribution < -0.4 is 10.6 Å². The summed E-state index contributed by atoms with van der Waals surface area (Å²) in [4.78, 5) is 4.56. The molecule has 0 saturated heterocycles. The summed E-state index contributed by atoms with van der Waals surface area (Å²) in [7, 11) is 1.69. The first-order valence-electron chi connectivity index (χ1n) is 7.81. The Morgan fingerprint density at radius 2 is 2.09 bits per heavy atom. The number of benzene rings is 1. The summed E-state index contributed by atoms with van der Waals surface area (Å²) >= 11 is 0. The third-order valence-corrected chi connectivity index (χ3v) is 3.93. The van der Waals surface area contributed by atoms with Gasteiger partial charge < -0.3 is 15.4 Å². The van der Waals surface area contributed by atoms with Gasteiger partial charge >= 0.3 is 0 Å². The zero-order valence-corrected chi connectivity index (χ0v) is 16.6. The van der Waals surface area contributed by atoms with E-state index >= 15 is 0 Å². The standard InChI is InChI=1S/C17H26FN3O.HI/c1-5-19-16(20-11-17(2,3)22-4)21-15-10-13(15)12-8-6-7-9-14(12)18;/h6-9,13,15H,5,10-11H2,1-4H3,(H2,19,20,21);1H. The molecule has 0 amide bonds. The Balaban J connectivity index is 0.00000264. The number of aliphatic imine (C=N–C) groups is 1. The van der Waals surface area contributed by atoms with Gasteiger partial charge in [0.25, 0.3) is 0 Å². The molecule has 0 aromatic heterocycles. The molecule has 23 heavy (non-hydrogen) atoms. The Bertz CT molecular complexity index is 536. The van der Waals surface area contributed by atoms with E-state index in [1.165, 1.54) is 6.07 Å². The normalized spacial score (nSPS) is 20.7. The molecule has 1 aliphatic carbocycles. The van der Waals surface area contributed by atoms with Gasteiger partial charge in [-0.1, -0.05) is 18.2 Å². The minimum absolute atomic E-state index is 0. The van der Waals surface area contributed by atoms with Crippen molar-refractivity contribution in [1.29, 1.82) is 0 Å². The van der Waals surface area contributed by atoms with Gasteiger partial charge in [0.1, 0.15) is 5.82 Å². The average molecular weight is 435 g/mol. The van der Waals surface area contributed by atoms with Crippen molar-refractivity contribution in [2.24, 2.45) is 4.99 Å². The van der Waals surface area contributed by atoms with Crippen molar-refractivity contribution in [3.8, 4) is 0 Å². The molecule has 2 N–H and O–H groups in total. The molecular formula is C17H27FIN3O. The minimum atomic E-state index is -0.295. The van der Waals surface area contributed by atoms with E-state index in [1.54, 1.807) is 13.2 Å². The van der Waals surface area contributed by atoms with Gasteiger partial charge in [-0.3, -0.25) is 4.99 Å². The minimum Gasteiger partial charge on any atom is -0.377 e. The molecule has 0 aliphatic heterocycles. The molecule has 0 spiro atoms. The van der Waals surface area contributed by atoms with E-state index in [0.717, 1.165) is 24.5 Å². The molecule has 130 valence electrons. The molecule has 2 rings (SSSR count). The van der Waals surface area contributed by atoms with E-state index in [0.29, 0.717) is 6.54 Å². The zero-order valence-electron chi connectivity index (χ0n) is 14.2. The van der Waals surface area contributed by atoms with Crippen LogP contribution in [0.4, 0.5) is 4.39 Å². The van der Waals surface area contributed by atoms with Crippen molar-refractivity contribution in [3.05, 3.63) is 35.6 Å². The maximum Gasteiger partial charge on any atom is 0.191 e. The summed E-state index contributed by atoms with van der Waals surface area (Å²) in [6, 6.07) is 7.22. The largest absolute Gasteiger partial charge is 0.377 e. The number of nitrogens with one attached hydrogen (secondary N) is 2. The van der Waals surface area contributed by atoms with Gasteiger partial charge in [0.05, 0.1) is 12.1 Å². The van der Waals surface area contributed by atoms with Crippen molar-refractivity contribution < 1.29 is 9.13 Å². The summed E-state index contributed by atoms with van der Waals surface area (Å²) in [6.07, 6.45) is 0.930. The number of nitrogens with zero attached hydrogens (tertiary/aromatic N) is 1. The summed E-state index contributed by atoms with van der Waals surface area (Å²) < 4.78 is 19.2. The first-order chi connectivity index (χ1) is 10.5. The lowest BCUT2D eigenvalue weighted by Gasteiger charge is -2.21. The summed E-state index contributed by atoms with van der Waals surface area (Å²) in [6.45, 7) is 7.38. The van der Waals surface area contributed by atoms with Gasteiger partial charge in [-0.25, -0.2) is 4.39 Å². The van der Waals surface area contributed by atoms with Gasteiger partial charge in [-0.2, -0.15) is 0 Å². The van der Waals surface area contributed by atoms with Gasteiger partial charge in [-0.15, -0.1) is 24.0 Å². The van der Waals surface area contributed by atoms with Crippen LogP contribution in [0.25, 0.3) is 0 Å². The number of hydrogen-bond acceptors (Lipinski definition) is 2. The van der Waals surface area contributed by atoms with E-state index in [4.69, 9.17) is 4.74 Å². The van der Waals surface area contributed by atoms with E-state index in [9.17, 15) is 4.39 Å². The van der Waals surface area contributed by atoms with Crippen molar-refractivity contribution in [2.45, 2.75) is 44.8 Å².